The molecule has 13 heavy (non-hydrogen) atoms. The molecule has 0 aliphatic heterocycles. The SMILES string of the molecule is COC(=O)CCCN(C)CC=CCl. The van der Waals surface area contributed by atoms with Crippen molar-refractivity contribution >= 4 is 17.6 Å². The van der Waals surface area contributed by atoms with Crippen LogP contribution < -0.4 is 0 Å². The Balaban J connectivity index is 3.36. The van der Waals surface area contributed by atoms with Gasteiger partial charge in [0.1, 0.15) is 0 Å². The van der Waals surface area contributed by atoms with Crippen LogP contribution in [-0.4, -0.2) is 38.1 Å². The van der Waals surface area contributed by atoms with E-state index in [2.05, 4.69) is 9.64 Å². The Hall–Kier alpha value is -0.540. The van der Waals surface area contributed by atoms with E-state index in [4.69, 9.17) is 11.6 Å². The number of esters is 1. The van der Waals surface area contributed by atoms with Gasteiger partial charge in [-0.05, 0) is 20.0 Å². The molecule has 0 saturated heterocycles. The quantitative estimate of drug-likeness (QED) is 0.618. The third kappa shape index (κ3) is 7.81. The van der Waals surface area contributed by atoms with Gasteiger partial charge in [-0.15, -0.1) is 0 Å². The predicted molar refractivity (Wildman–Crippen MR) is 53.7 cm³/mol. The van der Waals surface area contributed by atoms with Crippen LogP contribution in [0.1, 0.15) is 12.8 Å². The number of halogens is 1. The number of carbonyl (C=O) groups excluding carboxylic acids is 1. The highest BCUT2D eigenvalue weighted by molar-refractivity contribution is 6.25. The number of carbonyl (C=O) groups is 1. The molecule has 0 fully saturated rings. The van der Waals surface area contributed by atoms with Crippen molar-refractivity contribution in [2.75, 3.05) is 27.2 Å². The smallest absolute Gasteiger partial charge is 0.305 e. The molecule has 0 aliphatic carbocycles. The Labute approximate surface area is 84.3 Å². The van der Waals surface area contributed by atoms with E-state index in [9.17, 15) is 4.79 Å². The molecule has 0 aromatic heterocycles. The Morgan fingerprint density at radius 1 is 1.62 bits per heavy atom. The lowest BCUT2D eigenvalue weighted by Crippen LogP contribution is -2.20. The van der Waals surface area contributed by atoms with Crippen molar-refractivity contribution < 1.29 is 9.53 Å². The van der Waals surface area contributed by atoms with Crippen LogP contribution in [0.4, 0.5) is 0 Å². The van der Waals surface area contributed by atoms with E-state index in [1.165, 1.54) is 12.6 Å². The minimum atomic E-state index is -0.152. The highest BCUT2D eigenvalue weighted by Gasteiger charge is 2.00. The number of ether oxygens (including phenoxy) is 1. The van der Waals surface area contributed by atoms with Crippen molar-refractivity contribution in [2.45, 2.75) is 12.8 Å². The maximum atomic E-state index is 10.7. The number of rotatable bonds is 6. The molecule has 0 aromatic rings. The number of likely N-dealkylation sites (N-methyl/N-ethyl adjacent to an activating group) is 1. The number of methoxy groups -OCH3 is 1. The highest BCUT2D eigenvalue weighted by Crippen LogP contribution is 1.95. The first-order chi connectivity index (χ1) is 6.20. The molecule has 0 N–H and O–H groups in total. The Morgan fingerprint density at radius 2 is 2.31 bits per heavy atom. The maximum Gasteiger partial charge on any atom is 0.305 e. The van der Waals surface area contributed by atoms with Gasteiger partial charge >= 0.3 is 5.97 Å². The first-order valence-electron chi connectivity index (χ1n) is 4.21. The van der Waals surface area contributed by atoms with Crippen molar-refractivity contribution in [3.63, 3.8) is 0 Å². The van der Waals surface area contributed by atoms with Gasteiger partial charge < -0.3 is 9.64 Å². The largest absolute Gasteiger partial charge is 0.469 e. The molecule has 0 spiro atoms. The summed E-state index contributed by atoms with van der Waals surface area (Å²) in [6.45, 7) is 1.68. The van der Waals surface area contributed by atoms with Crippen LogP contribution in [0.5, 0.6) is 0 Å². The summed E-state index contributed by atoms with van der Waals surface area (Å²) in [5, 5.41) is 0. The normalized spacial score (nSPS) is 11.1. The van der Waals surface area contributed by atoms with Crippen molar-refractivity contribution in [3.8, 4) is 0 Å². The van der Waals surface area contributed by atoms with Crippen LogP contribution in [0.15, 0.2) is 11.6 Å². The first kappa shape index (κ1) is 12.5. The van der Waals surface area contributed by atoms with Crippen LogP contribution in [0.2, 0.25) is 0 Å². The van der Waals surface area contributed by atoms with E-state index in [1.807, 2.05) is 13.1 Å². The van der Waals surface area contributed by atoms with Crippen LogP contribution in [0.3, 0.4) is 0 Å². The van der Waals surface area contributed by atoms with Crippen molar-refractivity contribution in [1.29, 1.82) is 0 Å². The molecule has 0 aliphatic rings. The zero-order valence-corrected chi connectivity index (χ0v) is 8.88. The fourth-order valence-electron chi connectivity index (χ4n) is 0.906. The van der Waals surface area contributed by atoms with E-state index < -0.39 is 0 Å². The summed E-state index contributed by atoms with van der Waals surface area (Å²) in [5.74, 6) is -0.152. The lowest BCUT2D eigenvalue weighted by molar-refractivity contribution is -0.140. The fourth-order valence-corrected chi connectivity index (χ4v) is 0.986. The summed E-state index contributed by atoms with van der Waals surface area (Å²) in [5.41, 5.74) is 1.50. The summed E-state index contributed by atoms with van der Waals surface area (Å²) in [6, 6.07) is 0. The monoisotopic (exact) mass is 205 g/mol. The molecule has 3 nitrogen and oxygen atoms in total. The molecule has 0 atom stereocenters. The van der Waals surface area contributed by atoms with Gasteiger partial charge in [0.2, 0.25) is 0 Å². The molecule has 0 aromatic carbocycles. The van der Waals surface area contributed by atoms with Crippen molar-refractivity contribution in [1.82, 2.24) is 4.90 Å². The van der Waals surface area contributed by atoms with Crippen molar-refractivity contribution in [2.24, 2.45) is 0 Å². The molecule has 0 saturated carbocycles. The Morgan fingerprint density at radius 3 is 2.85 bits per heavy atom. The molecule has 0 bridgehead atoms. The lowest BCUT2D eigenvalue weighted by atomic mass is 10.3. The highest BCUT2D eigenvalue weighted by atomic mass is 35.5. The Bertz CT molecular complexity index is 171. The van der Waals surface area contributed by atoms with E-state index >= 15 is 0 Å². The van der Waals surface area contributed by atoms with Gasteiger partial charge in [0.15, 0.2) is 0 Å². The van der Waals surface area contributed by atoms with E-state index in [1.54, 1.807) is 0 Å². The van der Waals surface area contributed by atoms with Crippen LogP contribution >= 0.6 is 11.6 Å². The topological polar surface area (TPSA) is 29.5 Å². The summed E-state index contributed by atoms with van der Waals surface area (Å²) < 4.78 is 4.52. The van der Waals surface area contributed by atoms with Crippen molar-refractivity contribution in [3.05, 3.63) is 11.6 Å². The summed E-state index contributed by atoms with van der Waals surface area (Å²) in [7, 11) is 3.39. The number of hydrogen-bond donors (Lipinski definition) is 0. The summed E-state index contributed by atoms with van der Waals surface area (Å²) >= 11 is 5.37. The van der Waals surface area contributed by atoms with Crippen LogP contribution in [-0.2, 0) is 9.53 Å². The average molecular weight is 206 g/mol. The molecule has 0 radical (unpaired) electrons. The van der Waals surface area contributed by atoms with E-state index in [0.29, 0.717) is 6.42 Å². The van der Waals surface area contributed by atoms with Crippen LogP contribution in [0.25, 0.3) is 0 Å². The third-order valence-corrected chi connectivity index (χ3v) is 1.83. The molecule has 0 heterocycles. The van der Waals surface area contributed by atoms with E-state index in [0.717, 1.165) is 19.5 Å². The molecule has 0 amide bonds. The van der Waals surface area contributed by atoms with Crippen LogP contribution in [0, 0.1) is 0 Å². The fraction of sp³-hybridized carbons (Fsp3) is 0.667. The molecule has 0 unspecified atom stereocenters. The maximum absolute atomic E-state index is 10.7. The molecular weight excluding hydrogens is 190 g/mol. The standard InChI is InChI=1S/C9H16ClNO2/c1-11(8-4-6-10)7-3-5-9(12)13-2/h4,6H,3,5,7-8H2,1-2H3. The summed E-state index contributed by atoms with van der Waals surface area (Å²) in [4.78, 5) is 12.8. The number of hydrogen-bond acceptors (Lipinski definition) is 3. The minimum Gasteiger partial charge on any atom is -0.469 e. The van der Waals surface area contributed by atoms with Gasteiger partial charge in [-0.3, -0.25) is 4.79 Å². The lowest BCUT2D eigenvalue weighted by Gasteiger charge is -2.12. The molecule has 76 valence electrons. The second-order valence-corrected chi connectivity index (χ2v) is 3.06. The molecule has 4 heteroatoms. The third-order valence-electron chi connectivity index (χ3n) is 1.65. The Kier molecular flexibility index (Phi) is 7.74. The average Bonchev–Trinajstić information content (AvgIpc) is 2.14. The predicted octanol–water partition coefficient (Wildman–Crippen LogP) is 1.62. The first-order valence-corrected chi connectivity index (χ1v) is 4.65. The summed E-state index contributed by atoms with van der Waals surface area (Å²) in [6.07, 6.45) is 3.16. The van der Waals surface area contributed by atoms with Gasteiger partial charge in [-0.2, -0.15) is 0 Å². The van der Waals surface area contributed by atoms with Gasteiger partial charge in [-0.1, -0.05) is 17.7 Å². The second-order valence-electron chi connectivity index (χ2n) is 2.80. The zero-order valence-electron chi connectivity index (χ0n) is 8.12. The number of nitrogens with zero attached hydrogens (tertiary/aromatic N) is 1. The van der Waals surface area contributed by atoms with E-state index in [-0.39, 0.29) is 5.97 Å². The van der Waals surface area contributed by atoms with Gasteiger partial charge in [-0.25, -0.2) is 0 Å². The van der Waals surface area contributed by atoms with Gasteiger partial charge in [0.25, 0.3) is 0 Å². The minimum absolute atomic E-state index is 0.152. The molecular formula is C9H16ClNO2. The van der Waals surface area contributed by atoms with Gasteiger partial charge in [0, 0.05) is 18.5 Å². The zero-order chi connectivity index (χ0) is 10.1. The second kappa shape index (κ2) is 8.08. The van der Waals surface area contributed by atoms with Gasteiger partial charge in [0.05, 0.1) is 7.11 Å². The molecule has 0 rings (SSSR count).